The Kier molecular flexibility index (Phi) is 4.55. The number of benzene rings is 1. The molecule has 0 unspecified atom stereocenters. The molecule has 8 heteroatoms. The summed E-state index contributed by atoms with van der Waals surface area (Å²) in [5.41, 5.74) is 0. The van der Waals surface area contributed by atoms with Crippen molar-refractivity contribution >= 4 is 27.4 Å². The lowest BCUT2D eigenvalue weighted by Crippen LogP contribution is -2.24. The van der Waals surface area contributed by atoms with Gasteiger partial charge in [0.05, 0.1) is 27.2 Å². The zero-order valence-electron chi connectivity index (χ0n) is 11.1. The highest BCUT2D eigenvalue weighted by Crippen LogP contribution is 2.37. The van der Waals surface area contributed by atoms with Crippen LogP contribution in [0.25, 0.3) is 0 Å². The molecule has 1 aliphatic rings. The number of rotatable bonds is 4. The van der Waals surface area contributed by atoms with Crippen LogP contribution in [-0.2, 0) is 19.4 Å². The Labute approximate surface area is 126 Å². The van der Waals surface area contributed by atoms with Gasteiger partial charge in [0.15, 0.2) is 9.84 Å². The minimum atomic E-state index is -3.84. The minimum absolute atomic E-state index is 0.0517. The first kappa shape index (κ1) is 16.2. The third-order valence-corrected chi connectivity index (χ3v) is 6.38. The summed E-state index contributed by atoms with van der Waals surface area (Å²) in [5, 5.41) is 7.99. The number of ether oxygens (including phenoxy) is 1. The van der Waals surface area contributed by atoms with Gasteiger partial charge in [0.1, 0.15) is 5.82 Å². The second-order valence-corrected chi connectivity index (χ2v) is 7.54. The van der Waals surface area contributed by atoms with Crippen molar-refractivity contribution in [1.29, 1.82) is 0 Å². The maximum absolute atomic E-state index is 13.0. The number of aliphatic carboxylic acids is 1. The molecule has 1 saturated carbocycles. The largest absolute Gasteiger partial charge is 0.481 e. The molecule has 0 heterocycles. The van der Waals surface area contributed by atoms with Gasteiger partial charge in [-0.3, -0.25) is 4.79 Å². The van der Waals surface area contributed by atoms with Crippen molar-refractivity contribution in [3.63, 3.8) is 0 Å². The predicted octanol–water partition coefficient (Wildman–Crippen LogP) is 2.13. The van der Waals surface area contributed by atoms with Crippen LogP contribution in [0.5, 0.6) is 0 Å². The molecule has 0 radical (unpaired) electrons. The Morgan fingerprint density at radius 1 is 1.43 bits per heavy atom. The van der Waals surface area contributed by atoms with Crippen molar-refractivity contribution in [3.05, 3.63) is 29.0 Å². The van der Waals surface area contributed by atoms with E-state index in [2.05, 4.69) is 0 Å². The monoisotopic (exact) mass is 336 g/mol. The highest BCUT2D eigenvalue weighted by atomic mass is 35.5. The van der Waals surface area contributed by atoms with E-state index in [4.69, 9.17) is 21.4 Å². The smallest absolute Gasteiger partial charge is 0.309 e. The number of methoxy groups -OCH3 is 1. The van der Waals surface area contributed by atoms with Gasteiger partial charge < -0.3 is 9.84 Å². The van der Waals surface area contributed by atoms with Crippen molar-refractivity contribution in [3.8, 4) is 0 Å². The highest BCUT2D eigenvalue weighted by Gasteiger charge is 2.45. The van der Waals surface area contributed by atoms with E-state index < -0.39 is 38.9 Å². The Hall–Kier alpha value is -1.18. The SMILES string of the molecule is CO[C@@H]1C[C@H](S(=O)(=O)c2ccc(F)cc2Cl)C[C@H]1C(=O)O. The van der Waals surface area contributed by atoms with Crippen LogP contribution in [0.3, 0.4) is 0 Å². The lowest BCUT2D eigenvalue weighted by atomic mass is 10.1. The van der Waals surface area contributed by atoms with E-state index in [-0.39, 0.29) is 22.8 Å². The molecule has 5 nitrogen and oxygen atoms in total. The zero-order valence-corrected chi connectivity index (χ0v) is 12.7. The standard InChI is InChI=1S/C13H14ClFO5S/c1-20-11-6-8(5-9(11)13(16)17)21(18,19)12-3-2-7(15)4-10(12)14/h2-4,8-9,11H,5-6H2,1H3,(H,16,17)/t8-,9-,11-/m1/s1. The minimum Gasteiger partial charge on any atom is -0.481 e. The molecule has 0 spiro atoms. The number of hydrogen-bond acceptors (Lipinski definition) is 4. The number of carbonyl (C=O) groups is 1. The van der Waals surface area contributed by atoms with E-state index in [1.54, 1.807) is 0 Å². The molecule has 116 valence electrons. The van der Waals surface area contributed by atoms with E-state index in [9.17, 15) is 17.6 Å². The number of hydrogen-bond donors (Lipinski definition) is 1. The van der Waals surface area contributed by atoms with Gasteiger partial charge in [0.2, 0.25) is 0 Å². The van der Waals surface area contributed by atoms with Crippen molar-refractivity contribution in [2.24, 2.45) is 5.92 Å². The van der Waals surface area contributed by atoms with Crippen LogP contribution in [-0.4, -0.2) is 38.0 Å². The summed E-state index contributed by atoms with van der Waals surface area (Å²) in [6.07, 6.45) is -0.644. The van der Waals surface area contributed by atoms with Crippen LogP contribution >= 0.6 is 11.6 Å². The molecule has 0 aliphatic heterocycles. The maximum atomic E-state index is 13.0. The third-order valence-electron chi connectivity index (χ3n) is 3.72. The fourth-order valence-corrected chi connectivity index (χ4v) is 4.95. The molecule has 1 aromatic carbocycles. The third kappa shape index (κ3) is 3.04. The normalized spacial score (nSPS) is 26.0. The summed E-state index contributed by atoms with van der Waals surface area (Å²) in [6, 6.07) is 3.03. The highest BCUT2D eigenvalue weighted by molar-refractivity contribution is 7.92. The molecule has 0 bridgehead atoms. The lowest BCUT2D eigenvalue weighted by molar-refractivity contribution is -0.145. The van der Waals surface area contributed by atoms with Gasteiger partial charge in [-0.05, 0) is 31.0 Å². The molecule has 21 heavy (non-hydrogen) atoms. The molecular formula is C13H14ClFO5S. The van der Waals surface area contributed by atoms with Crippen LogP contribution in [0.15, 0.2) is 23.1 Å². The molecule has 0 saturated heterocycles. The Morgan fingerprint density at radius 2 is 2.10 bits per heavy atom. The molecule has 1 aromatic rings. The number of carboxylic acid groups (broad SMARTS) is 1. The molecule has 3 atom stereocenters. The lowest BCUT2D eigenvalue weighted by Gasteiger charge is -2.13. The second kappa shape index (κ2) is 5.90. The van der Waals surface area contributed by atoms with Gasteiger partial charge in [-0.15, -0.1) is 0 Å². The van der Waals surface area contributed by atoms with Gasteiger partial charge >= 0.3 is 5.97 Å². The second-order valence-electron chi connectivity index (χ2n) is 4.93. The maximum Gasteiger partial charge on any atom is 0.309 e. The van der Waals surface area contributed by atoms with Crippen LogP contribution in [0, 0.1) is 11.7 Å². The van der Waals surface area contributed by atoms with Crippen LogP contribution in [0.2, 0.25) is 5.02 Å². The molecule has 2 rings (SSSR count). The summed E-state index contributed by atoms with van der Waals surface area (Å²) < 4.78 is 43.2. The topological polar surface area (TPSA) is 80.7 Å². The van der Waals surface area contributed by atoms with Crippen LogP contribution in [0.1, 0.15) is 12.8 Å². The van der Waals surface area contributed by atoms with E-state index in [0.29, 0.717) is 0 Å². The van der Waals surface area contributed by atoms with E-state index in [0.717, 1.165) is 18.2 Å². The Morgan fingerprint density at radius 3 is 2.57 bits per heavy atom. The quantitative estimate of drug-likeness (QED) is 0.852. The Balaban J connectivity index is 2.35. The van der Waals surface area contributed by atoms with Crippen molar-refractivity contribution in [2.45, 2.75) is 29.1 Å². The van der Waals surface area contributed by atoms with Crippen LogP contribution in [0.4, 0.5) is 4.39 Å². The fourth-order valence-electron chi connectivity index (χ4n) is 2.61. The fraction of sp³-hybridized carbons (Fsp3) is 0.462. The van der Waals surface area contributed by atoms with E-state index in [1.807, 2.05) is 0 Å². The molecule has 0 amide bonds. The van der Waals surface area contributed by atoms with E-state index >= 15 is 0 Å². The van der Waals surface area contributed by atoms with E-state index in [1.165, 1.54) is 7.11 Å². The molecule has 1 aliphatic carbocycles. The first-order valence-electron chi connectivity index (χ1n) is 6.22. The first-order valence-corrected chi connectivity index (χ1v) is 8.14. The predicted molar refractivity (Wildman–Crippen MR) is 73.5 cm³/mol. The summed E-state index contributed by atoms with van der Waals surface area (Å²) in [5.74, 6) is -2.61. The van der Waals surface area contributed by atoms with Gasteiger partial charge in [-0.1, -0.05) is 11.6 Å². The summed E-state index contributed by atoms with van der Waals surface area (Å²) in [4.78, 5) is 11.0. The van der Waals surface area contributed by atoms with Crippen molar-refractivity contribution < 1.29 is 27.4 Å². The van der Waals surface area contributed by atoms with Gasteiger partial charge in [0.25, 0.3) is 0 Å². The Bertz CT molecular complexity index is 661. The number of halogens is 2. The van der Waals surface area contributed by atoms with Crippen molar-refractivity contribution in [1.82, 2.24) is 0 Å². The van der Waals surface area contributed by atoms with Gasteiger partial charge in [0, 0.05) is 7.11 Å². The van der Waals surface area contributed by atoms with Gasteiger partial charge in [-0.2, -0.15) is 0 Å². The van der Waals surface area contributed by atoms with Crippen LogP contribution < -0.4 is 0 Å². The molecule has 0 aromatic heterocycles. The summed E-state index contributed by atoms with van der Waals surface area (Å²) in [6.45, 7) is 0. The summed E-state index contributed by atoms with van der Waals surface area (Å²) in [7, 11) is -2.49. The molecule has 1 N–H and O–H groups in total. The number of sulfone groups is 1. The summed E-state index contributed by atoms with van der Waals surface area (Å²) >= 11 is 5.79. The zero-order chi connectivity index (χ0) is 15.8. The number of carboxylic acids is 1. The average molecular weight is 337 g/mol. The average Bonchev–Trinajstić information content (AvgIpc) is 2.83. The van der Waals surface area contributed by atoms with Crippen molar-refractivity contribution in [2.75, 3.05) is 7.11 Å². The molecular weight excluding hydrogens is 323 g/mol. The molecule has 1 fully saturated rings. The first-order chi connectivity index (χ1) is 9.77. The van der Waals surface area contributed by atoms with Gasteiger partial charge in [-0.25, -0.2) is 12.8 Å².